The second-order valence-electron chi connectivity index (χ2n) is 8.52. The average molecular weight is 365 g/mol. The molecule has 1 nitrogen and oxygen atoms in total. The van der Waals surface area contributed by atoms with Crippen LogP contribution in [0.1, 0.15) is 88.2 Å². The zero-order valence-corrected chi connectivity index (χ0v) is 16.4. The van der Waals surface area contributed by atoms with Gasteiger partial charge in [0.25, 0.3) is 0 Å². The number of benzene rings is 1. The molecule has 0 aromatic heterocycles. The molecule has 0 spiro atoms. The molecule has 0 amide bonds. The van der Waals surface area contributed by atoms with E-state index in [-0.39, 0.29) is 5.56 Å². The van der Waals surface area contributed by atoms with Crippen LogP contribution in [0.25, 0.3) is 0 Å². The van der Waals surface area contributed by atoms with Crippen LogP contribution in [0.5, 0.6) is 0 Å². The first-order valence-electron chi connectivity index (χ1n) is 10.6. The molecular formula is C23H34F2O. The van der Waals surface area contributed by atoms with Crippen molar-refractivity contribution in [2.75, 3.05) is 7.11 Å². The quantitative estimate of drug-likeness (QED) is 0.516. The average Bonchev–Trinajstić information content (AvgIpc) is 2.69. The minimum Gasteiger partial charge on any atom is -0.320 e. The van der Waals surface area contributed by atoms with Crippen molar-refractivity contribution < 1.29 is 13.5 Å². The molecule has 0 aliphatic heterocycles. The number of methoxy groups -OCH3 is 1. The summed E-state index contributed by atoms with van der Waals surface area (Å²) < 4.78 is 31.4. The fourth-order valence-electron chi connectivity index (χ4n) is 5.35. The fourth-order valence-corrected chi connectivity index (χ4v) is 5.35. The van der Waals surface area contributed by atoms with Crippen molar-refractivity contribution in [1.82, 2.24) is 0 Å². The smallest absolute Gasteiger partial charge is 0.320 e. The third-order valence-corrected chi connectivity index (χ3v) is 7.00. The lowest BCUT2D eigenvalue weighted by Gasteiger charge is -2.38. The second kappa shape index (κ2) is 8.82. The molecule has 0 saturated heterocycles. The molecule has 0 radical (unpaired) electrons. The Kier molecular flexibility index (Phi) is 6.71. The largest absolute Gasteiger partial charge is 0.383 e. The summed E-state index contributed by atoms with van der Waals surface area (Å²) in [5, 5.41) is 0. The van der Waals surface area contributed by atoms with Crippen molar-refractivity contribution >= 4 is 0 Å². The number of rotatable bonds is 6. The van der Waals surface area contributed by atoms with E-state index in [0.29, 0.717) is 5.92 Å². The SMILES string of the molecule is CCCC1CCC(C2CCC(c3ccc(C(F)(F)OC)cc3)CC2)CC1. The lowest BCUT2D eigenvalue weighted by atomic mass is 9.68. The van der Waals surface area contributed by atoms with E-state index in [1.54, 1.807) is 0 Å². The maximum atomic E-state index is 13.6. The van der Waals surface area contributed by atoms with Crippen LogP contribution in [0.4, 0.5) is 8.78 Å². The molecule has 0 atom stereocenters. The van der Waals surface area contributed by atoms with Gasteiger partial charge in [0, 0.05) is 7.11 Å². The van der Waals surface area contributed by atoms with Crippen molar-refractivity contribution in [2.24, 2.45) is 17.8 Å². The lowest BCUT2D eigenvalue weighted by molar-refractivity contribution is -0.231. The van der Waals surface area contributed by atoms with Crippen LogP contribution in [0.3, 0.4) is 0 Å². The molecule has 146 valence electrons. The van der Waals surface area contributed by atoms with Gasteiger partial charge in [-0.1, -0.05) is 56.9 Å². The lowest BCUT2D eigenvalue weighted by Crippen LogP contribution is -2.25. The van der Waals surface area contributed by atoms with Crippen molar-refractivity contribution in [3.05, 3.63) is 35.4 Å². The molecule has 0 bridgehead atoms. The fraction of sp³-hybridized carbons (Fsp3) is 0.739. The van der Waals surface area contributed by atoms with Crippen LogP contribution >= 0.6 is 0 Å². The summed E-state index contributed by atoms with van der Waals surface area (Å²) in [4.78, 5) is 0. The molecule has 1 aromatic carbocycles. The summed E-state index contributed by atoms with van der Waals surface area (Å²) in [6.45, 7) is 2.30. The molecule has 3 rings (SSSR count). The van der Waals surface area contributed by atoms with Gasteiger partial charge in [0.2, 0.25) is 0 Å². The highest BCUT2D eigenvalue weighted by atomic mass is 19.3. The highest BCUT2D eigenvalue weighted by Crippen LogP contribution is 2.44. The predicted octanol–water partition coefficient (Wildman–Crippen LogP) is 7.26. The van der Waals surface area contributed by atoms with E-state index in [1.165, 1.54) is 81.9 Å². The molecule has 26 heavy (non-hydrogen) atoms. The molecule has 1 aromatic rings. The molecule has 0 unspecified atom stereocenters. The van der Waals surface area contributed by atoms with E-state index in [1.807, 2.05) is 12.1 Å². The van der Waals surface area contributed by atoms with E-state index >= 15 is 0 Å². The molecular weight excluding hydrogens is 330 g/mol. The van der Waals surface area contributed by atoms with E-state index in [0.717, 1.165) is 24.9 Å². The number of halogens is 2. The monoisotopic (exact) mass is 364 g/mol. The maximum Gasteiger partial charge on any atom is 0.383 e. The Bertz CT molecular complexity index is 538. The van der Waals surface area contributed by atoms with Crippen molar-refractivity contribution in [3.63, 3.8) is 0 Å². The minimum atomic E-state index is -3.19. The predicted molar refractivity (Wildman–Crippen MR) is 102 cm³/mol. The summed E-state index contributed by atoms with van der Waals surface area (Å²) in [6.07, 6.45) is 10.3. The van der Waals surface area contributed by atoms with Gasteiger partial charge >= 0.3 is 6.11 Å². The number of hydrogen-bond acceptors (Lipinski definition) is 1. The van der Waals surface area contributed by atoms with Crippen molar-refractivity contribution in [2.45, 2.75) is 83.2 Å². The van der Waals surface area contributed by atoms with Gasteiger partial charge in [-0.25, -0.2) is 0 Å². The van der Waals surface area contributed by atoms with Crippen LogP contribution in [0.2, 0.25) is 0 Å². The first-order chi connectivity index (χ1) is 12.5. The standard InChI is InChI=1S/C23H34F2O/c1-3-4-17-5-7-18(8-6-17)19-9-11-20(12-10-19)21-13-15-22(16-14-21)23(24,25)26-2/h13-20H,3-12H2,1-2H3. The van der Waals surface area contributed by atoms with Crippen LogP contribution in [0.15, 0.2) is 24.3 Å². The third-order valence-electron chi connectivity index (χ3n) is 7.00. The zero-order valence-electron chi connectivity index (χ0n) is 16.4. The molecule has 0 N–H and O–H groups in total. The highest BCUT2D eigenvalue weighted by molar-refractivity contribution is 5.27. The van der Waals surface area contributed by atoms with Crippen LogP contribution in [-0.2, 0) is 10.8 Å². The molecule has 2 aliphatic rings. The van der Waals surface area contributed by atoms with Crippen LogP contribution in [0, 0.1) is 17.8 Å². The Balaban J connectivity index is 1.49. The van der Waals surface area contributed by atoms with E-state index in [9.17, 15) is 8.78 Å². The number of alkyl halides is 2. The minimum absolute atomic E-state index is 0.0544. The van der Waals surface area contributed by atoms with Gasteiger partial charge < -0.3 is 4.74 Å². The first-order valence-corrected chi connectivity index (χ1v) is 10.6. The first kappa shape index (κ1) is 19.8. The highest BCUT2D eigenvalue weighted by Gasteiger charge is 2.33. The normalized spacial score (nSPS) is 30.3. The summed E-state index contributed by atoms with van der Waals surface area (Å²) in [5.41, 5.74) is 1.16. The van der Waals surface area contributed by atoms with Crippen molar-refractivity contribution in [3.8, 4) is 0 Å². The summed E-state index contributed by atoms with van der Waals surface area (Å²) in [7, 11) is 1.05. The third kappa shape index (κ3) is 4.65. The Labute approximate surface area is 157 Å². The van der Waals surface area contributed by atoms with Gasteiger partial charge in [-0.3, -0.25) is 0 Å². The Morgan fingerprint density at radius 2 is 1.42 bits per heavy atom. The molecule has 0 heterocycles. The van der Waals surface area contributed by atoms with Gasteiger partial charge in [-0.2, -0.15) is 8.78 Å². The molecule has 2 fully saturated rings. The van der Waals surface area contributed by atoms with Crippen LogP contribution < -0.4 is 0 Å². The second-order valence-corrected chi connectivity index (χ2v) is 8.52. The van der Waals surface area contributed by atoms with Gasteiger partial charge in [0.05, 0.1) is 5.56 Å². The number of hydrogen-bond donors (Lipinski definition) is 0. The Morgan fingerprint density at radius 3 is 1.92 bits per heavy atom. The molecule has 3 heteroatoms. The van der Waals surface area contributed by atoms with Gasteiger partial charge in [0.1, 0.15) is 0 Å². The van der Waals surface area contributed by atoms with Gasteiger partial charge in [0.15, 0.2) is 0 Å². The maximum absolute atomic E-state index is 13.6. The summed E-state index contributed by atoms with van der Waals surface area (Å²) in [5.74, 6) is 3.35. The topological polar surface area (TPSA) is 9.23 Å². The Morgan fingerprint density at radius 1 is 0.885 bits per heavy atom. The van der Waals surface area contributed by atoms with E-state index in [4.69, 9.17) is 0 Å². The Hall–Kier alpha value is -0.960. The van der Waals surface area contributed by atoms with Crippen LogP contribution in [-0.4, -0.2) is 7.11 Å². The molecule has 2 aliphatic carbocycles. The summed E-state index contributed by atoms with van der Waals surface area (Å²) in [6, 6.07) is 6.81. The summed E-state index contributed by atoms with van der Waals surface area (Å²) >= 11 is 0. The van der Waals surface area contributed by atoms with E-state index < -0.39 is 6.11 Å². The molecule has 2 saturated carbocycles. The van der Waals surface area contributed by atoms with Crippen molar-refractivity contribution in [1.29, 1.82) is 0 Å². The van der Waals surface area contributed by atoms with Gasteiger partial charge in [-0.15, -0.1) is 0 Å². The number of ether oxygens (including phenoxy) is 1. The van der Waals surface area contributed by atoms with E-state index in [2.05, 4.69) is 11.7 Å². The zero-order chi connectivity index (χ0) is 18.6. The van der Waals surface area contributed by atoms with Gasteiger partial charge in [-0.05, 0) is 67.8 Å².